The zero-order valence-corrected chi connectivity index (χ0v) is 21.4. The Labute approximate surface area is 209 Å². The number of likely N-dealkylation sites (N-methyl/N-ethyl adjacent to an activating group) is 1. The van der Waals surface area contributed by atoms with Gasteiger partial charge in [-0.05, 0) is 69.2 Å². The van der Waals surface area contributed by atoms with Gasteiger partial charge in [0, 0.05) is 50.3 Å². The first-order chi connectivity index (χ1) is 17.1. The Morgan fingerprint density at radius 3 is 2.34 bits per heavy atom. The monoisotopic (exact) mass is 478 g/mol. The van der Waals surface area contributed by atoms with Crippen molar-refractivity contribution in [3.63, 3.8) is 0 Å². The molecule has 0 aliphatic carbocycles. The van der Waals surface area contributed by atoms with Gasteiger partial charge in [0.2, 0.25) is 0 Å². The SMILES string of the molecule is C=O.CN(C)Cc1cnc(-c2ccc(CCCOc3ccc4c(c3)CCN(C)C4)cc2)nc1.CO. The minimum absolute atomic E-state index is 0.733. The van der Waals surface area contributed by atoms with Crippen molar-refractivity contribution in [3.8, 4) is 17.1 Å². The second-order valence-electron chi connectivity index (χ2n) is 8.72. The average Bonchev–Trinajstić information content (AvgIpc) is 2.89. The van der Waals surface area contributed by atoms with Crippen molar-refractivity contribution in [3.05, 3.63) is 77.1 Å². The number of carbonyl (C=O) groups is 1. The normalized spacial score (nSPS) is 12.6. The van der Waals surface area contributed by atoms with Gasteiger partial charge in [-0.25, -0.2) is 9.97 Å². The first kappa shape index (κ1) is 28.1. The van der Waals surface area contributed by atoms with Gasteiger partial charge in [-0.15, -0.1) is 0 Å². The average molecular weight is 479 g/mol. The van der Waals surface area contributed by atoms with E-state index in [4.69, 9.17) is 14.6 Å². The van der Waals surface area contributed by atoms with Crippen LogP contribution in [0, 0.1) is 0 Å². The highest BCUT2D eigenvalue weighted by Gasteiger charge is 2.13. The number of nitrogens with zero attached hydrogens (tertiary/aromatic N) is 4. The minimum Gasteiger partial charge on any atom is -0.494 e. The maximum absolute atomic E-state index is 8.00. The molecule has 0 atom stereocenters. The largest absolute Gasteiger partial charge is 0.494 e. The van der Waals surface area contributed by atoms with Gasteiger partial charge in [-0.3, -0.25) is 0 Å². The summed E-state index contributed by atoms with van der Waals surface area (Å²) in [6, 6.07) is 15.1. The molecule has 3 aromatic rings. The van der Waals surface area contributed by atoms with Gasteiger partial charge in [-0.2, -0.15) is 0 Å². The molecule has 35 heavy (non-hydrogen) atoms. The third-order valence-electron chi connectivity index (χ3n) is 5.68. The Morgan fingerprint density at radius 2 is 1.69 bits per heavy atom. The number of aryl methyl sites for hydroxylation is 1. The Kier molecular flexibility index (Phi) is 12.0. The summed E-state index contributed by atoms with van der Waals surface area (Å²) in [5, 5.41) is 7.00. The lowest BCUT2D eigenvalue weighted by atomic mass is 10.00. The zero-order chi connectivity index (χ0) is 25.6. The summed E-state index contributed by atoms with van der Waals surface area (Å²) in [5.41, 5.74) is 6.35. The van der Waals surface area contributed by atoms with Crippen molar-refractivity contribution < 1.29 is 14.6 Å². The molecule has 0 saturated carbocycles. The molecule has 188 valence electrons. The number of aliphatic hydroxyl groups excluding tert-OH is 1. The molecule has 7 heteroatoms. The number of aromatic nitrogens is 2. The Bertz CT molecular complexity index is 1010. The van der Waals surface area contributed by atoms with Crippen molar-refractivity contribution in [1.29, 1.82) is 0 Å². The van der Waals surface area contributed by atoms with E-state index in [0.717, 1.165) is 75.3 Å². The van der Waals surface area contributed by atoms with Crippen molar-refractivity contribution in [2.24, 2.45) is 0 Å². The molecular formula is C28H38N4O3. The van der Waals surface area contributed by atoms with Crippen LogP contribution in [0.3, 0.4) is 0 Å². The summed E-state index contributed by atoms with van der Waals surface area (Å²) < 4.78 is 6.02. The molecule has 0 fully saturated rings. The van der Waals surface area contributed by atoms with Gasteiger partial charge in [0.05, 0.1) is 6.61 Å². The van der Waals surface area contributed by atoms with E-state index in [1.807, 2.05) is 33.3 Å². The molecule has 1 aliphatic heterocycles. The number of fused-ring (bicyclic) bond motifs is 1. The van der Waals surface area contributed by atoms with Gasteiger partial charge in [-0.1, -0.05) is 30.3 Å². The molecule has 0 radical (unpaired) electrons. The standard InChI is InChI=1S/C26H32N4O.CH4O.CH2O/c1-29(2)18-21-16-27-26(28-17-21)22-8-6-20(7-9-22)5-4-14-31-25-11-10-24-19-30(3)13-12-23(24)15-25;2*1-2/h6-11,15-17H,4-5,12-14,18-19H2,1-3H3;2H,1H3;1H2. The molecule has 2 heterocycles. The predicted octanol–water partition coefficient (Wildman–Crippen LogP) is 3.63. The molecule has 0 spiro atoms. The van der Waals surface area contributed by atoms with E-state index in [-0.39, 0.29) is 0 Å². The molecule has 0 unspecified atom stereocenters. The predicted molar refractivity (Wildman–Crippen MR) is 140 cm³/mol. The van der Waals surface area contributed by atoms with Gasteiger partial charge in [0.15, 0.2) is 5.82 Å². The molecule has 0 saturated heterocycles. The van der Waals surface area contributed by atoms with E-state index < -0.39 is 0 Å². The molecule has 1 N–H and O–H groups in total. The lowest BCUT2D eigenvalue weighted by Gasteiger charge is -2.25. The number of hydrogen-bond acceptors (Lipinski definition) is 7. The number of benzene rings is 2. The number of aliphatic hydroxyl groups is 1. The topological polar surface area (TPSA) is 78.8 Å². The molecule has 7 nitrogen and oxygen atoms in total. The van der Waals surface area contributed by atoms with Crippen LogP contribution in [-0.4, -0.2) is 73.1 Å². The zero-order valence-electron chi connectivity index (χ0n) is 21.4. The van der Waals surface area contributed by atoms with Crippen LogP contribution in [0.5, 0.6) is 5.75 Å². The van der Waals surface area contributed by atoms with Crippen molar-refractivity contribution in [2.75, 3.05) is 41.4 Å². The van der Waals surface area contributed by atoms with Gasteiger partial charge in [0.1, 0.15) is 12.5 Å². The number of rotatable bonds is 8. The molecular weight excluding hydrogens is 440 g/mol. The van der Waals surface area contributed by atoms with Crippen molar-refractivity contribution in [2.45, 2.75) is 32.4 Å². The Hall–Kier alpha value is -3.13. The molecule has 0 amide bonds. The summed E-state index contributed by atoms with van der Waals surface area (Å²) in [5.74, 6) is 1.77. The highest BCUT2D eigenvalue weighted by molar-refractivity contribution is 5.55. The van der Waals surface area contributed by atoms with Crippen molar-refractivity contribution >= 4 is 6.79 Å². The van der Waals surface area contributed by atoms with Crippen LogP contribution in [0.15, 0.2) is 54.9 Å². The number of ether oxygens (including phenoxy) is 1. The minimum atomic E-state index is 0.733. The Morgan fingerprint density at radius 1 is 1.00 bits per heavy atom. The lowest BCUT2D eigenvalue weighted by Crippen LogP contribution is -2.26. The van der Waals surface area contributed by atoms with Crippen LogP contribution >= 0.6 is 0 Å². The fourth-order valence-corrected chi connectivity index (χ4v) is 4.00. The fraction of sp³-hybridized carbons (Fsp3) is 0.393. The van der Waals surface area contributed by atoms with Gasteiger partial charge >= 0.3 is 0 Å². The van der Waals surface area contributed by atoms with Crippen LogP contribution in [0.4, 0.5) is 0 Å². The van der Waals surface area contributed by atoms with Crippen LogP contribution in [0.1, 0.15) is 28.7 Å². The van der Waals surface area contributed by atoms with Crippen LogP contribution in [0.25, 0.3) is 11.4 Å². The second-order valence-corrected chi connectivity index (χ2v) is 8.72. The first-order valence-electron chi connectivity index (χ1n) is 11.8. The number of carbonyl (C=O) groups excluding carboxylic acids is 1. The molecule has 1 aliphatic rings. The van der Waals surface area contributed by atoms with E-state index >= 15 is 0 Å². The molecule has 2 aromatic carbocycles. The summed E-state index contributed by atoms with van der Waals surface area (Å²) >= 11 is 0. The van der Waals surface area contributed by atoms with Crippen LogP contribution in [-0.2, 0) is 30.7 Å². The van der Waals surface area contributed by atoms with E-state index in [1.54, 1.807) is 0 Å². The quantitative estimate of drug-likeness (QED) is 0.495. The smallest absolute Gasteiger partial charge is 0.159 e. The maximum Gasteiger partial charge on any atom is 0.159 e. The van der Waals surface area contributed by atoms with Crippen molar-refractivity contribution in [1.82, 2.24) is 19.8 Å². The highest BCUT2D eigenvalue weighted by atomic mass is 16.5. The first-order valence-corrected chi connectivity index (χ1v) is 11.8. The summed E-state index contributed by atoms with van der Waals surface area (Å²) in [6.45, 7) is 5.75. The molecule has 0 bridgehead atoms. The molecule has 4 rings (SSSR count). The fourth-order valence-electron chi connectivity index (χ4n) is 4.00. The molecule has 1 aromatic heterocycles. The van der Waals surface area contributed by atoms with E-state index in [2.05, 4.69) is 69.3 Å². The third-order valence-corrected chi connectivity index (χ3v) is 5.68. The van der Waals surface area contributed by atoms with Crippen LogP contribution < -0.4 is 4.74 Å². The highest BCUT2D eigenvalue weighted by Crippen LogP contribution is 2.23. The van der Waals surface area contributed by atoms with Gasteiger partial charge < -0.3 is 24.4 Å². The van der Waals surface area contributed by atoms with E-state index in [0.29, 0.717) is 0 Å². The van der Waals surface area contributed by atoms with Crippen LogP contribution in [0.2, 0.25) is 0 Å². The number of hydrogen-bond donors (Lipinski definition) is 1. The maximum atomic E-state index is 8.00. The lowest BCUT2D eigenvalue weighted by molar-refractivity contribution is -0.0980. The summed E-state index contributed by atoms with van der Waals surface area (Å²) in [7, 11) is 7.27. The summed E-state index contributed by atoms with van der Waals surface area (Å²) in [4.78, 5) is 21.5. The second kappa shape index (κ2) is 15.0. The summed E-state index contributed by atoms with van der Waals surface area (Å²) in [6.07, 6.45) is 6.92. The van der Waals surface area contributed by atoms with Gasteiger partial charge in [0.25, 0.3) is 0 Å². The van der Waals surface area contributed by atoms with E-state index in [1.165, 1.54) is 16.7 Å². The third kappa shape index (κ3) is 8.87. The Balaban J connectivity index is 0.00000103. The van der Waals surface area contributed by atoms with E-state index in [9.17, 15) is 0 Å².